The molecule has 0 unspecified atom stereocenters. The van der Waals surface area contributed by atoms with Crippen molar-refractivity contribution in [2.75, 3.05) is 26.2 Å². The molecule has 0 aromatic heterocycles. The van der Waals surface area contributed by atoms with Crippen LogP contribution in [0.4, 0.5) is 4.39 Å². The van der Waals surface area contributed by atoms with Crippen LogP contribution in [0.1, 0.15) is 12.5 Å². The molecule has 7 heteroatoms. The van der Waals surface area contributed by atoms with Crippen LogP contribution in [0.2, 0.25) is 0 Å². The lowest BCUT2D eigenvalue weighted by molar-refractivity contribution is -0.160. The molecular formula is C15H17FN2O4. The molecule has 1 fully saturated rings. The van der Waals surface area contributed by atoms with Crippen molar-refractivity contribution < 1.29 is 23.5 Å². The lowest BCUT2D eigenvalue weighted by Gasteiger charge is -2.33. The van der Waals surface area contributed by atoms with Crippen molar-refractivity contribution in [3.05, 3.63) is 35.6 Å². The van der Waals surface area contributed by atoms with Crippen molar-refractivity contribution in [2.45, 2.75) is 13.5 Å². The zero-order chi connectivity index (χ0) is 16.1. The number of hydrogen-bond donors (Lipinski definition) is 0. The zero-order valence-electron chi connectivity index (χ0n) is 12.3. The Morgan fingerprint density at radius 2 is 1.73 bits per heavy atom. The van der Waals surface area contributed by atoms with Gasteiger partial charge in [0.25, 0.3) is 0 Å². The van der Waals surface area contributed by atoms with Gasteiger partial charge in [0.05, 0.1) is 6.61 Å². The molecule has 0 aliphatic carbocycles. The Bertz CT molecular complexity index is 573. The molecule has 1 saturated heterocycles. The molecule has 1 heterocycles. The molecule has 1 aliphatic heterocycles. The number of hydrogen-bond acceptors (Lipinski definition) is 4. The fourth-order valence-corrected chi connectivity index (χ4v) is 2.19. The first-order chi connectivity index (χ1) is 10.5. The average Bonchev–Trinajstić information content (AvgIpc) is 2.49. The number of ether oxygens (including phenoxy) is 1. The molecule has 0 spiro atoms. The highest BCUT2D eigenvalue weighted by Gasteiger charge is 2.33. The van der Waals surface area contributed by atoms with Gasteiger partial charge < -0.3 is 14.5 Å². The molecule has 0 atom stereocenters. The third-order valence-electron chi connectivity index (χ3n) is 3.31. The second kappa shape index (κ2) is 7.02. The molecule has 0 bridgehead atoms. The maximum absolute atomic E-state index is 12.9. The molecule has 6 nitrogen and oxygen atoms in total. The van der Waals surface area contributed by atoms with Crippen LogP contribution in [0.15, 0.2) is 24.3 Å². The van der Waals surface area contributed by atoms with Crippen molar-refractivity contribution in [3.63, 3.8) is 0 Å². The number of rotatable bonds is 5. The van der Waals surface area contributed by atoms with Crippen LogP contribution in [0.25, 0.3) is 0 Å². The summed E-state index contributed by atoms with van der Waals surface area (Å²) in [5.41, 5.74) is 0.737. The van der Waals surface area contributed by atoms with E-state index in [2.05, 4.69) is 0 Å². The molecule has 1 aromatic carbocycles. The average molecular weight is 308 g/mol. The van der Waals surface area contributed by atoms with Gasteiger partial charge in [0.2, 0.25) is 0 Å². The quantitative estimate of drug-likeness (QED) is 0.589. The summed E-state index contributed by atoms with van der Waals surface area (Å²) < 4.78 is 17.6. The zero-order valence-corrected chi connectivity index (χ0v) is 12.3. The van der Waals surface area contributed by atoms with Crippen molar-refractivity contribution >= 4 is 17.8 Å². The Balaban J connectivity index is 1.95. The summed E-state index contributed by atoms with van der Waals surface area (Å²) >= 11 is 0. The Labute approximate surface area is 127 Å². The minimum Gasteiger partial charge on any atom is -0.465 e. The third kappa shape index (κ3) is 3.81. The highest BCUT2D eigenvalue weighted by molar-refractivity contribution is 6.35. The summed E-state index contributed by atoms with van der Waals surface area (Å²) in [6, 6.07) is 5.74. The molecule has 0 N–H and O–H groups in total. The predicted octanol–water partition coefficient (Wildman–Crippen LogP) is 0.560. The normalized spacial score (nSPS) is 15.2. The number of carbonyl (C=O) groups excluding carboxylic acids is 3. The molecule has 22 heavy (non-hydrogen) atoms. The first-order valence-corrected chi connectivity index (χ1v) is 6.99. The van der Waals surface area contributed by atoms with Crippen molar-refractivity contribution in [1.82, 2.24) is 9.80 Å². The Hall–Kier alpha value is -2.44. The van der Waals surface area contributed by atoms with Gasteiger partial charge in [-0.05, 0) is 24.6 Å². The van der Waals surface area contributed by atoms with Crippen LogP contribution < -0.4 is 0 Å². The number of halogens is 1. The van der Waals surface area contributed by atoms with E-state index in [1.54, 1.807) is 19.1 Å². The van der Waals surface area contributed by atoms with Crippen LogP contribution in [0.3, 0.4) is 0 Å². The van der Waals surface area contributed by atoms with Crippen LogP contribution in [-0.2, 0) is 25.7 Å². The van der Waals surface area contributed by atoms with Gasteiger partial charge >= 0.3 is 17.8 Å². The predicted molar refractivity (Wildman–Crippen MR) is 75.0 cm³/mol. The van der Waals surface area contributed by atoms with E-state index in [4.69, 9.17) is 4.74 Å². The molecule has 118 valence electrons. The molecular weight excluding hydrogens is 291 g/mol. The van der Waals surface area contributed by atoms with Gasteiger partial charge in [0.15, 0.2) is 0 Å². The Kier molecular flexibility index (Phi) is 5.08. The van der Waals surface area contributed by atoms with Crippen molar-refractivity contribution in [2.24, 2.45) is 0 Å². The highest BCUT2D eigenvalue weighted by atomic mass is 19.1. The largest absolute Gasteiger partial charge is 0.465 e. The number of esters is 1. The van der Waals surface area contributed by atoms with E-state index in [0.29, 0.717) is 6.54 Å². The maximum Gasteiger partial charge on any atom is 0.325 e. The molecule has 0 saturated carbocycles. The topological polar surface area (TPSA) is 66.9 Å². The SMILES string of the molecule is CCOC(=O)CN1CCN(Cc2ccc(F)cc2)C(=O)C1=O. The maximum atomic E-state index is 12.9. The van der Waals surface area contributed by atoms with Crippen molar-refractivity contribution in [3.8, 4) is 0 Å². The van der Waals surface area contributed by atoms with Gasteiger partial charge in [-0.3, -0.25) is 14.4 Å². The van der Waals surface area contributed by atoms with E-state index in [0.717, 1.165) is 5.56 Å². The smallest absolute Gasteiger partial charge is 0.325 e. The molecule has 1 aliphatic rings. The lowest BCUT2D eigenvalue weighted by atomic mass is 10.2. The fourth-order valence-electron chi connectivity index (χ4n) is 2.19. The first-order valence-electron chi connectivity index (χ1n) is 6.99. The van der Waals surface area contributed by atoms with Gasteiger partial charge in [-0.1, -0.05) is 12.1 Å². The number of amides is 2. The Morgan fingerprint density at radius 3 is 2.36 bits per heavy atom. The molecule has 2 rings (SSSR count). The summed E-state index contributed by atoms with van der Waals surface area (Å²) in [7, 11) is 0. The minimum absolute atomic E-state index is 0.219. The number of benzene rings is 1. The monoisotopic (exact) mass is 308 g/mol. The van der Waals surface area contributed by atoms with Gasteiger partial charge in [-0.2, -0.15) is 0 Å². The summed E-state index contributed by atoms with van der Waals surface area (Å²) in [6.07, 6.45) is 0. The highest BCUT2D eigenvalue weighted by Crippen LogP contribution is 2.11. The van der Waals surface area contributed by atoms with E-state index < -0.39 is 17.8 Å². The van der Waals surface area contributed by atoms with E-state index in [1.807, 2.05) is 0 Å². The van der Waals surface area contributed by atoms with Crippen molar-refractivity contribution in [1.29, 1.82) is 0 Å². The standard InChI is InChI=1S/C15H17FN2O4/c1-2-22-13(19)10-18-8-7-17(14(20)15(18)21)9-11-3-5-12(16)6-4-11/h3-6H,2,7-10H2,1H3. The second-order valence-electron chi connectivity index (χ2n) is 4.88. The van der Waals surface area contributed by atoms with E-state index >= 15 is 0 Å². The van der Waals surface area contributed by atoms with Crippen LogP contribution in [-0.4, -0.2) is 53.8 Å². The lowest BCUT2D eigenvalue weighted by Crippen LogP contribution is -2.55. The molecule has 0 radical (unpaired) electrons. The van der Waals surface area contributed by atoms with Gasteiger partial charge in [-0.15, -0.1) is 0 Å². The summed E-state index contributed by atoms with van der Waals surface area (Å²) in [4.78, 5) is 38.0. The minimum atomic E-state index is -0.721. The fraction of sp³-hybridized carbons (Fsp3) is 0.400. The van der Waals surface area contributed by atoms with Gasteiger partial charge in [0, 0.05) is 19.6 Å². The Morgan fingerprint density at radius 1 is 1.14 bits per heavy atom. The number of piperazine rings is 1. The first kappa shape index (κ1) is 15.9. The molecule has 1 aromatic rings. The second-order valence-corrected chi connectivity index (χ2v) is 4.88. The summed E-state index contributed by atoms with van der Waals surface area (Å²) in [5.74, 6) is -2.28. The van der Waals surface area contributed by atoms with E-state index in [-0.39, 0.29) is 32.1 Å². The van der Waals surface area contributed by atoms with Gasteiger partial charge in [0.1, 0.15) is 12.4 Å². The molecule has 2 amide bonds. The number of carbonyl (C=O) groups is 3. The van der Waals surface area contributed by atoms with Crippen LogP contribution >= 0.6 is 0 Å². The van der Waals surface area contributed by atoms with Crippen LogP contribution in [0, 0.1) is 5.82 Å². The summed E-state index contributed by atoms with van der Waals surface area (Å²) in [5, 5.41) is 0. The van der Waals surface area contributed by atoms with Gasteiger partial charge in [-0.25, -0.2) is 4.39 Å². The number of nitrogens with zero attached hydrogens (tertiary/aromatic N) is 2. The van der Waals surface area contributed by atoms with E-state index in [9.17, 15) is 18.8 Å². The third-order valence-corrected chi connectivity index (χ3v) is 3.31. The summed E-state index contributed by atoms with van der Waals surface area (Å²) in [6.45, 7) is 2.50. The van der Waals surface area contributed by atoms with Crippen LogP contribution in [0.5, 0.6) is 0 Å². The van der Waals surface area contributed by atoms with E-state index in [1.165, 1.54) is 21.9 Å².